The van der Waals surface area contributed by atoms with Crippen LogP contribution in [-0.4, -0.2) is 28.6 Å². The number of allylic oxidation sites excluding steroid dienone is 1. The summed E-state index contributed by atoms with van der Waals surface area (Å²) in [6.45, 7) is 2.55. The fraction of sp³-hybridized carbons (Fsp3) is 0.200. The summed E-state index contributed by atoms with van der Waals surface area (Å²) >= 11 is 4.99. The normalized spacial score (nSPS) is 13.4. The van der Waals surface area contributed by atoms with Gasteiger partial charge in [0.2, 0.25) is 0 Å². The average Bonchev–Trinajstić information content (AvgIpc) is 2.49. The molecule has 0 radical (unpaired) electrons. The monoisotopic (exact) mass is 494 g/mol. The summed E-state index contributed by atoms with van der Waals surface area (Å²) in [7, 11) is 0. The second-order valence-electron chi connectivity index (χ2n) is 4.45. The fourth-order valence-electron chi connectivity index (χ4n) is 1.67. The first-order valence-corrected chi connectivity index (χ1v) is 8.55. The van der Waals surface area contributed by atoms with Gasteiger partial charge in [-0.25, -0.2) is 4.39 Å². The van der Waals surface area contributed by atoms with Gasteiger partial charge in [-0.2, -0.15) is 0 Å². The average molecular weight is 495 g/mol. The van der Waals surface area contributed by atoms with Crippen LogP contribution in [0.5, 0.6) is 0 Å². The SMILES string of the molecule is CCN/C=C(\C=N)C(O)/C(=C/C(=N)Br)Nc1ccc(F)cc1I. The van der Waals surface area contributed by atoms with Crippen LogP contribution in [0.1, 0.15) is 6.92 Å². The number of halogens is 3. The first kappa shape index (κ1) is 19.8. The van der Waals surface area contributed by atoms with Gasteiger partial charge in [-0.3, -0.25) is 5.41 Å². The number of nitrogens with one attached hydrogen (secondary N) is 4. The number of aliphatic hydroxyl groups excluding tert-OH is 1. The predicted octanol–water partition coefficient (Wildman–Crippen LogP) is 3.60. The van der Waals surface area contributed by atoms with Crippen LogP contribution < -0.4 is 10.6 Å². The molecule has 124 valence electrons. The lowest BCUT2D eigenvalue weighted by atomic mass is 10.1. The van der Waals surface area contributed by atoms with Crippen LogP contribution in [0.4, 0.5) is 10.1 Å². The van der Waals surface area contributed by atoms with Crippen molar-refractivity contribution in [1.29, 1.82) is 10.8 Å². The lowest BCUT2D eigenvalue weighted by molar-refractivity contribution is 0.254. The molecule has 0 aromatic heterocycles. The van der Waals surface area contributed by atoms with E-state index in [-0.39, 0.29) is 10.4 Å². The van der Waals surface area contributed by atoms with Crippen LogP contribution in [0.15, 0.2) is 41.7 Å². The molecule has 1 rings (SSSR count). The molecule has 1 aromatic rings. The van der Waals surface area contributed by atoms with Crippen LogP contribution in [0, 0.1) is 20.2 Å². The molecule has 1 aromatic carbocycles. The number of hydrogen-bond acceptors (Lipinski definition) is 5. The molecule has 1 unspecified atom stereocenters. The molecule has 0 fully saturated rings. The summed E-state index contributed by atoms with van der Waals surface area (Å²) in [5.41, 5.74) is 1.22. The van der Waals surface area contributed by atoms with Gasteiger partial charge in [-0.1, -0.05) is 0 Å². The molecule has 0 saturated heterocycles. The Morgan fingerprint density at radius 3 is 2.74 bits per heavy atom. The molecular weight excluding hydrogens is 478 g/mol. The van der Waals surface area contributed by atoms with Gasteiger partial charge >= 0.3 is 0 Å². The number of rotatable bonds is 8. The van der Waals surface area contributed by atoms with Crippen molar-refractivity contribution in [3.8, 4) is 0 Å². The zero-order valence-electron chi connectivity index (χ0n) is 12.3. The van der Waals surface area contributed by atoms with Crippen LogP contribution in [0.3, 0.4) is 0 Å². The number of benzene rings is 1. The maximum absolute atomic E-state index is 13.2. The van der Waals surface area contributed by atoms with Crippen molar-refractivity contribution in [1.82, 2.24) is 5.32 Å². The van der Waals surface area contributed by atoms with Crippen molar-refractivity contribution in [2.24, 2.45) is 0 Å². The van der Waals surface area contributed by atoms with Gasteiger partial charge < -0.3 is 21.1 Å². The van der Waals surface area contributed by atoms with E-state index in [2.05, 4.69) is 26.6 Å². The number of aliphatic hydroxyl groups is 1. The van der Waals surface area contributed by atoms with E-state index >= 15 is 0 Å². The summed E-state index contributed by atoms with van der Waals surface area (Å²) in [5.74, 6) is -0.355. The smallest absolute Gasteiger partial charge is 0.124 e. The van der Waals surface area contributed by atoms with Crippen LogP contribution in [-0.2, 0) is 0 Å². The van der Waals surface area contributed by atoms with E-state index in [1.165, 1.54) is 18.2 Å². The zero-order valence-corrected chi connectivity index (χ0v) is 16.1. The van der Waals surface area contributed by atoms with Crippen molar-refractivity contribution in [2.75, 3.05) is 11.9 Å². The van der Waals surface area contributed by atoms with E-state index in [9.17, 15) is 9.50 Å². The molecule has 0 aliphatic carbocycles. The largest absolute Gasteiger partial charge is 0.391 e. The zero-order chi connectivity index (χ0) is 17.4. The molecule has 8 heteroatoms. The van der Waals surface area contributed by atoms with Crippen molar-refractivity contribution >= 4 is 55.0 Å². The Morgan fingerprint density at radius 1 is 1.52 bits per heavy atom. The Bertz CT molecular complexity index is 648. The van der Waals surface area contributed by atoms with Gasteiger partial charge in [-0.05, 0) is 69.7 Å². The quantitative estimate of drug-likeness (QED) is 0.282. The molecule has 0 saturated carbocycles. The minimum Gasteiger partial charge on any atom is -0.391 e. The summed E-state index contributed by atoms with van der Waals surface area (Å²) in [6, 6.07) is 4.21. The molecule has 0 heterocycles. The topological polar surface area (TPSA) is 92.0 Å². The standard InChI is InChI=1S/C15H17BrFIN4O/c1-2-21-8-9(7-19)15(23)13(6-14(16)20)22-12-4-3-10(17)5-11(12)18/h3-8,15,19-23H,2H2,1H3/b9-8+,13-6-,19-7?,20-14?. The Labute approximate surface area is 156 Å². The molecule has 0 aliphatic heterocycles. The summed E-state index contributed by atoms with van der Waals surface area (Å²) in [6.07, 6.45) is 2.84. The van der Waals surface area contributed by atoms with Gasteiger partial charge in [0.15, 0.2) is 0 Å². The maximum atomic E-state index is 13.2. The van der Waals surface area contributed by atoms with E-state index in [0.717, 1.165) is 6.21 Å². The molecule has 0 aliphatic rings. The van der Waals surface area contributed by atoms with E-state index in [4.69, 9.17) is 10.8 Å². The van der Waals surface area contributed by atoms with Crippen LogP contribution in [0.25, 0.3) is 0 Å². The minimum atomic E-state index is -1.13. The third-order valence-electron chi connectivity index (χ3n) is 2.74. The first-order valence-electron chi connectivity index (χ1n) is 6.68. The highest BCUT2D eigenvalue weighted by atomic mass is 127. The Hall–Kier alpha value is -1.26. The Morgan fingerprint density at radius 2 is 2.22 bits per heavy atom. The van der Waals surface area contributed by atoms with Crippen LogP contribution in [0.2, 0.25) is 0 Å². The summed E-state index contributed by atoms with van der Waals surface area (Å²) < 4.78 is 13.9. The van der Waals surface area contributed by atoms with Gasteiger partial charge in [0.1, 0.15) is 11.9 Å². The molecule has 5 nitrogen and oxygen atoms in total. The Kier molecular flexibility index (Phi) is 8.42. The third kappa shape index (κ3) is 6.40. The highest BCUT2D eigenvalue weighted by molar-refractivity contribution is 14.1. The lowest BCUT2D eigenvalue weighted by Crippen LogP contribution is -2.23. The van der Waals surface area contributed by atoms with E-state index in [0.29, 0.717) is 27.1 Å². The summed E-state index contributed by atoms with van der Waals surface area (Å²) in [4.78, 5) is 0. The predicted molar refractivity (Wildman–Crippen MR) is 104 cm³/mol. The minimum absolute atomic E-state index is 0.0592. The van der Waals surface area contributed by atoms with Crippen molar-refractivity contribution < 1.29 is 9.50 Å². The third-order valence-corrected chi connectivity index (χ3v) is 3.86. The highest BCUT2D eigenvalue weighted by Gasteiger charge is 2.17. The number of hydrogen-bond donors (Lipinski definition) is 5. The van der Waals surface area contributed by atoms with E-state index < -0.39 is 6.10 Å². The van der Waals surface area contributed by atoms with Gasteiger partial charge in [0, 0.05) is 28.1 Å². The summed E-state index contributed by atoms with van der Waals surface area (Å²) in [5, 5.41) is 31.4. The molecular formula is C15H17BrFIN4O. The first-order chi connectivity index (χ1) is 10.9. The van der Waals surface area contributed by atoms with Gasteiger partial charge in [-0.15, -0.1) is 0 Å². The van der Waals surface area contributed by atoms with Gasteiger partial charge in [0.25, 0.3) is 0 Å². The van der Waals surface area contributed by atoms with Crippen molar-refractivity contribution in [2.45, 2.75) is 13.0 Å². The highest BCUT2D eigenvalue weighted by Crippen LogP contribution is 2.23. The molecule has 23 heavy (non-hydrogen) atoms. The molecule has 0 amide bonds. The number of anilines is 1. The Balaban J connectivity index is 3.14. The maximum Gasteiger partial charge on any atom is 0.124 e. The van der Waals surface area contributed by atoms with Crippen LogP contribution >= 0.6 is 38.5 Å². The van der Waals surface area contributed by atoms with Crippen molar-refractivity contribution in [3.05, 3.63) is 51.1 Å². The fourth-order valence-corrected chi connectivity index (χ4v) is 2.52. The molecule has 1 atom stereocenters. The second-order valence-corrected chi connectivity index (χ2v) is 6.46. The van der Waals surface area contributed by atoms with Crippen molar-refractivity contribution in [3.63, 3.8) is 0 Å². The second kappa shape index (κ2) is 9.78. The molecule has 5 N–H and O–H groups in total. The van der Waals surface area contributed by atoms with Gasteiger partial charge in [0.05, 0.1) is 16.0 Å². The molecule has 0 spiro atoms. The van der Waals surface area contributed by atoms with E-state index in [1.54, 1.807) is 12.3 Å². The lowest BCUT2D eigenvalue weighted by Gasteiger charge is -2.19. The van der Waals surface area contributed by atoms with E-state index in [1.807, 2.05) is 29.5 Å². The molecule has 0 bridgehead atoms.